The van der Waals surface area contributed by atoms with Crippen LogP contribution in [-0.4, -0.2) is 55.2 Å². The third-order valence-electron chi connectivity index (χ3n) is 3.92. The number of hydrogen-bond acceptors (Lipinski definition) is 5. The first kappa shape index (κ1) is 23.8. The Morgan fingerprint density at radius 1 is 1.21 bits per heavy atom. The number of amides is 2. The number of nitrogens with zero attached hydrogens (tertiary/aromatic N) is 1. The molecule has 0 aromatic heterocycles. The molecule has 1 aromatic carbocycles. The molecule has 1 rings (SSSR count). The average molecular weight is 413 g/mol. The Labute approximate surface area is 171 Å². The third-order valence-corrected chi connectivity index (χ3v) is 4.29. The van der Waals surface area contributed by atoms with E-state index in [4.69, 9.17) is 21.1 Å². The lowest BCUT2D eigenvalue weighted by Gasteiger charge is -2.23. The number of benzene rings is 1. The fourth-order valence-electron chi connectivity index (χ4n) is 2.41. The Bertz CT molecular complexity index is 687. The molecular weight excluding hydrogens is 384 g/mol. The number of carbonyl (C=O) groups is 3. The summed E-state index contributed by atoms with van der Waals surface area (Å²) >= 11 is 6.13. The quantitative estimate of drug-likeness (QED) is 0.663. The van der Waals surface area contributed by atoms with E-state index in [9.17, 15) is 14.4 Å². The molecule has 1 N–H and O–H groups in total. The molecule has 1 aromatic rings. The molecule has 7 nitrogen and oxygen atoms in total. The van der Waals surface area contributed by atoms with E-state index in [-0.39, 0.29) is 18.7 Å². The Kier molecular flexibility index (Phi) is 9.25. The number of likely N-dealkylation sites (N-methyl/N-ethyl adjacent to an activating group) is 1. The van der Waals surface area contributed by atoms with Crippen molar-refractivity contribution in [3.05, 3.63) is 34.9 Å². The summed E-state index contributed by atoms with van der Waals surface area (Å²) in [4.78, 5) is 37.8. The first-order chi connectivity index (χ1) is 13.0. The molecule has 0 bridgehead atoms. The van der Waals surface area contributed by atoms with E-state index >= 15 is 0 Å². The van der Waals surface area contributed by atoms with Gasteiger partial charge in [0.15, 0.2) is 0 Å². The van der Waals surface area contributed by atoms with Crippen LogP contribution in [-0.2, 0) is 25.5 Å². The smallest absolute Gasteiger partial charge is 0.408 e. The summed E-state index contributed by atoms with van der Waals surface area (Å²) < 4.78 is 9.86. The van der Waals surface area contributed by atoms with E-state index < -0.39 is 23.7 Å². The van der Waals surface area contributed by atoms with Gasteiger partial charge in [-0.25, -0.2) is 9.59 Å². The number of alkyl carbamates (subject to hydrolysis) is 1. The van der Waals surface area contributed by atoms with Crippen LogP contribution in [0.5, 0.6) is 0 Å². The van der Waals surface area contributed by atoms with Crippen molar-refractivity contribution in [2.75, 3.05) is 20.7 Å². The topological polar surface area (TPSA) is 84.9 Å². The Morgan fingerprint density at radius 2 is 1.86 bits per heavy atom. The monoisotopic (exact) mass is 412 g/mol. The maximum atomic E-state index is 12.4. The van der Waals surface area contributed by atoms with Crippen LogP contribution in [0.3, 0.4) is 0 Å². The van der Waals surface area contributed by atoms with Crippen LogP contribution in [0.2, 0.25) is 5.02 Å². The molecule has 28 heavy (non-hydrogen) atoms. The number of rotatable bonds is 8. The molecular formula is C20H29ClN2O5. The molecule has 0 spiro atoms. The first-order valence-electron chi connectivity index (χ1n) is 9.08. The molecule has 0 aliphatic rings. The van der Waals surface area contributed by atoms with Crippen molar-refractivity contribution in [2.45, 2.75) is 51.7 Å². The van der Waals surface area contributed by atoms with E-state index in [1.54, 1.807) is 32.7 Å². The van der Waals surface area contributed by atoms with Crippen LogP contribution in [0.25, 0.3) is 0 Å². The van der Waals surface area contributed by atoms with Crippen LogP contribution >= 0.6 is 11.6 Å². The largest absolute Gasteiger partial charge is 0.467 e. The van der Waals surface area contributed by atoms with Gasteiger partial charge in [-0.1, -0.05) is 29.8 Å². The SMILES string of the molecule is COC(=O)C(CCC(=O)N(C)CCc1ccccc1Cl)NC(=O)OC(C)(C)C. The first-order valence-corrected chi connectivity index (χ1v) is 9.46. The van der Waals surface area contributed by atoms with Crippen molar-refractivity contribution in [3.8, 4) is 0 Å². The highest BCUT2D eigenvalue weighted by molar-refractivity contribution is 6.31. The van der Waals surface area contributed by atoms with Gasteiger partial charge in [-0.3, -0.25) is 4.79 Å². The number of carbonyl (C=O) groups excluding carboxylic acids is 3. The third kappa shape index (κ3) is 8.61. The molecule has 0 aliphatic heterocycles. The van der Waals surface area contributed by atoms with Crippen molar-refractivity contribution in [1.29, 1.82) is 0 Å². The summed E-state index contributed by atoms with van der Waals surface area (Å²) in [7, 11) is 2.91. The van der Waals surface area contributed by atoms with Gasteiger partial charge in [0.25, 0.3) is 0 Å². The summed E-state index contributed by atoms with van der Waals surface area (Å²) in [5, 5.41) is 3.12. The number of nitrogens with one attached hydrogen (secondary N) is 1. The highest BCUT2D eigenvalue weighted by atomic mass is 35.5. The standard InChI is InChI=1S/C20H29ClN2O5/c1-20(2,3)28-19(26)22-16(18(25)27-5)10-11-17(24)23(4)13-12-14-8-6-7-9-15(14)21/h6-9,16H,10-13H2,1-5H3,(H,22,26). The zero-order chi connectivity index (χ0) is 21.3. The Balaban J connectivity index is 2.55. The van der Waals surface area contributed by atoms with Crippen molar-refractivity contribution in [1.82, 2.24) is 10.2 Å². The summed E-state index contributed by atoms with van der Waals surface area (Å²) in [6, 6.07) is 6.51. The van der Waals surface area contributed by atoms with Crippen molar-refractivity contribution < 1.29 is 23.9 Å². The molecule has 156 valence electrons. The van der Waals surface area contributed by atoms with Crippen LogP contribution in [0.1, 0.15) is 39.2 Å². The maximum absolute atomic E-state index is 12.4. The van der Waals surface area contributed by atoms with E-state index in [0.29, 0.717) is 18.0 Å². The number of hydrogen-bond donors (Lipinski definition) is 1. The second-order valence-corrected chi connectivity index (χ2v) is 7.82. The zero-order valence-electron chi connectivity index (χ0n) is 17.1. The van der Waals surface area contributed by atoms with Crippen LogP contribution in [0.4, 0.5) is 4.79 Å². The summed E-state index contributed by atoms with van der Waals surface area (Å²) in [5.41, 5.74) is 0.266. The van der Waals surface area contributed by atoms with Gasteiger partial charge in [0.2, 0.25) is 5.91 Å². The minimum Gasteiger partial charge on any atom is -0.467 e. The van der Waals surface area contributed by atoms with Gasteiger partial charge in [0.05, 0.1) is 7.11 Å². The summed E-state index contributed by atoms with van der Waals surface area (Å²) in [6.07, 6.45) is 0.0799. The lowest BCUT2D eigenvalue weighted by molar-refractivity contribution is -0.143. The van der Waals surface area contributed by atoms with Gasteiger partial charge in [-0.2, -0.15) is 0 Å². The maximum Gasteiger partial charge on any atom is 0.408 e. The van der Waals surface area contributed by atoms with Crippen LogP contribution in [0, 0.1) is 0 Å². The van der Waals surface area contributed by atoms with Gasteiger partial charge in [0, 0.05) is 25.0 Å². The average Bonchev–Trinajstić information content (AvgIpc) is 2.61. The minimum atomic E-state index is -0.958. The lowest BCUT2D eigenvalue weighted by Crippen LogP contribution is -2.44. The van der Waals surface area contributed by atoms with Gasteiger partial charge < -0.3 is 19.7 Å². The molecule has 0 saturated carbocycles. The summed E-state index contributed by atoms with van der Waals surface area (Å²) in [5.74, 6) is -0.774. The van der Waals surface area contributed by atoms with Gasteiger partial charge in [-0.15, -0.1) is 0 Å². The zero-order valence-corrected chi connectivity index (χ0v) is 17.8. The van der Waals surface area contributed by atoms with E-state index in [1.807, 2.05) is 24.3 Å². The molecule has 0 aliphatic carbocycles. The highest BCUT2D eigenvalue weighted by Crippen LogP contribution is 2.16. The van der Waals surface area contributed by atoms with Crippen molar-refractivity contribution in [3.63, 3.8) is 0 Å². The van der Waals surface area contributed by atoms with Crippen molar-refractivity contribution in [2.24, 2.45) is 0 Å². The molecule has 0 saturated heterocycles. The molecule has 2 amide bonds. The molecule has 0 heterocycles. The molecule has 1 atom stereocenters. The van der Waals surface area contributed by atoms with E-state index in [2.05, 4.69) is 5.32 Å². The summed E-state index contributed by atoms with van der Waals surface area (Å²) in [6.45, 7) is 5.65. The minimum absolute atomic E-state index is 0.0780. The fraction of sp³-hybridized carbons (Fsp3) is 0.550. The van der Waals surface area contributed by atoms with Gasteiger partial charge in [-0.05, 0) is 45.2 Å². The predicted octanol–water partition coefficient (Wildman–Crippen LogP) is 3.19. The highest BCUT2D eigenvalue weighted by Gasteiger charge is 2.26. The molecule has 0 fully saturated rings. The number of ether oxygens (including phenoxy) is 2. The van der Waals surface area contributed by atoms with Gasteiger partial charge >= 0.3 is 12.1 Å². The number of esters is 1. The van der Waals surface area contributed by atoms with E-state index in [0.717, 1.165) is 5.56 Å². The van der Waals surface area contributed by atoms with Gasteiger partial charge in [0.1, 0.15) is 11.6 Å². The number of halogens is 1. The normalized spacial score (nSPS) is 12.1. The Hall–Kier alpha value is -2.28. The second-order valence-electron chi connectivity index (χ2n) is 7.42. The van der Waals surface area contributed by atoms with Crippen LogP contribution in [0.15, 0.2) is 24.3 Å². The van der Waals surface area contributed by atoms with Crippen molar-refractivity contribution >= 4 is 29.6 Å². The van der Waals surface area contributed by atoms with Crippen LogP contribution < -0.4 is 5.32 Å². The second kappa shape index (κ2) is 10.9. The Morgan fingerprint density at radius 3 is 2.43 bits per heavy atom. The number of methoxy groups -OCH3 is 1. The fourth-order valence-corrected chi connectivity index (χ4v) is 2.64. The molecule has 8 heteroatoms. The molecule has 1 unspecified atom stereocenters. The molecule has 0 radical (unpaired) electrons. The lowest BCUT2D eigenvalue weighted by atomic mass is 10.1. The van der Waals surface area contributed by atoms with E-state index in [1.165, 1.54) is 7.11 Å². The predicted molar refractivity (Wildman–Crippen MR) is 107 cm³/mol.